The van der Waals surface area contributed by atoms with E-state index in [0.717, 1.165) is 48.4 Å². The van der Waals surface area contributed by atoms with Crippen LogP contribution in [0.15, 0.2) is 42.5 Å². The number of para-hydroxylation sites is 1. The number of nitrogens with one attached hydrogen (secondary N) is 1. The molecule has 0 saturated heterocycles. The van der Waals surface area contributed by atoms with Gasteiger partial charge in [0.2, 0.25) is 0 Å². The molecular formula is C22H24N4O. The van der Waals surface area contributed by atoms with Gasteiger partial charge in [-0.3, -0.25) is 4.79 Å². The van der Waals surface area contributed by atoms with E-state index in [2.05, 4.69) is 44.5 Å². The van der Waals surface area contributed by atoms with Gasteiger partial charge in [-0.1, -0.05) is 18.2 Å². The highest BCUT2D eigenvalue weighted by atomic mass is 16.1. The number of benzene rings is 2. The third kappa shape index (κ3) is 3.63. The molecule has 0 radical (unpaired) electrons. The van der Waals surface area contributed by atoms with Gasteiger partial charge in [-0.15, -0.1) is 0 Å². The van der Waals surface area contributed by atoms with Crippen molar-refractivity contribution in [1.29, 1.82) is 0 Å². The lowest BCUT2D eigenvalue weighted by atomic mass is 10.1. The van der Waals surface area contributed by atoms with Gasteiger partial charge < -0.3 is 10.2 Å². The van der Waals surface area contributed by atoms with Gasteiger partial charge in [-0.25, -0.2) is 9.97 Å². The Morgan fingerprint density at radius 1 is 1.07 bits per heavy atom. The molecule has 1 aliphatic heterocycles. The summed E-state index contributed by atoms with van der Waals surface area (Å²) in [6.07, 6.45) is 2.03. The molecule has 0 saturated carbocycles. The molecular weight excluding hydrogens is 336 g/mol. The Balaban J connectivity index is 1.33. The van der Waals surface area contributed by atoms with Crippen molar-refractivity contribution in [3.8, 4) is 0 Å². The molecule has 4 rings (SSSR count). The van der Waals surface area contributed by atoms with Crippen molar-refractivity contribution in [2.75, 3.05) is 24.5 Å². The van der Waals surface area contributed by atoms with Crippen LogP contribution in [0.4, 0.5) is 5.69 Å². The van der Waals surface area contributed by atoms with Gasteiger partial charge in [0, 0.05) is 30.9 Å². The second-order valence-corrected chi connectivity index (χ2v) is 7.07. The molecule has 27 heavy (non-hydrogen) atoms. The van der Waals surface area contributed by atoms with E-state index in [1.807, 2.05) is 32.0 Å². The number of amides is 1. The summed E-state index contributed by atoms with van der Waals surface area (Å²) >= 11 is 0. The maximum Gasteiger partial charge on any atom is 0.251 e. The first-order chi connectivity index (χ1) is 13.1. The summed E-state index contributed by atoms with van der Waals surface area (Å²) in [4.78, 5) is 23.9. The zero-order valence-electron chi connectivity index (χ0n) is 15.8. The highest BCUT2D eigenvalue weighted by molar-refractivity contribution is 5.97. The van der Waals surface area contributed by atoms with E-state index >= 15 is 0 Å². The fraction of sp³-hybridized carbons (Fsp3) is 0.318. The van der Waals surface area contributed by atoms with Crippen LogP contribution in [0.3, 0.4) is 0 Å². The van der Waals surface area contributed by atoms with Crippen molar-refractivity contribution in [2.24, 2.45) is 0 Å². The molecule has 1 aromatic heterocycles. The molecule has 5 heteroatoms. The van der Waals surface area contributed by atoms with Crippen molar-refractivity contribution in [1.82, 2.24) is 15.3 Å². The van der Waals surface area contributed by atoms with E-state index in [4.69, 9.17) is 0 Å². The van der Waals surface area contributed by atoms with Crippen molar-refractivity contribution in [3.05, 3.63) is 65.0 Å². The number of anilines is 1. The normalized spacial score (nSPS) is 13.0. The number of hydrogen-bond donors (Lipinski definition) is 1. The first-order valence-corrected chi connectivity index (χ1v) is 9.48. The van der Waals surface area contributed by atoms with Crippen LogP contribution in [0.25, 0.3) is 11.0 Å². The second-order valence-electron chi connectivity index (χ2n) is 7.07. The molecule has 0 atom stereocenters. The second kappa shape index (κ2) is 7.35. The molecule has 2 aromatic carbocycles. The van der Waals surface area contributed by atoms with E-state index in [9.17, 15) is 4.79 Å². The Bertz CT molecular complexity index is 999. The van der Waals surface area contributed by atoms with Crippen molar-refractivity contribution in [3.63, 3.8) is 0 Å². The van der Waals surface area contributed by atoms with E-state index in [0.29, 0.717) is 12.1 Å². The minimum atomic E-state index is -0.0567. The van der Waals surface area contributed by atoms with E-state index < -0.39 is 0 Å². The van der Waals surface area contributed by atoms with Crippen LogP contribution in [-0.2, 0) is 6.42 Å². The summed E-state index contributed by atoms with van der Waals surface area (Å²) < 4.78 is 0. The zero-order valence-corrected chi connectivity index (χ0v) is 15.8. The third-order valence-corrected chi connectivity index (χ3v) is 5.21. The summed E-state index contributed by atoms with van der Waals surface area (Å²) in [5.41, 5.74) is 6.79. The molecule has 2 heterocycles. The average molecular weight is 360 g/mol. The van der Waals surface area contributed by atoms with E-state index in [-0.39, 0.29) is 5.91 Å². The molecule has 1 aliphatic rings. The van der Waals surface area contributed by atoms with E-state index in [1.165, 1.54) is 11.3 Å². The molecule has 5 nitrogen and oxygen atoms in total. The van der Waals surface area contributed by atoms with Crippen LogP contribution < -0.4 is 10.2 Å². The lowest BCUT2D eigenvalue weighted by Crippen LogP contribution is -2.29. The topological polar surface area (TPSA) is 58.1 Å². The minimum absolute atomic E-state index is 0.0567. The summed E-state index contributed by atoms with van der Waals surface area (Å²) in [7, 11) is 0. The summed E-state index contributed by atoms with van der Waals surface area (Å²) in [6, 6.07) is 14.1. The number of aryl methyl sites for hydroxylation is 2. The Labute approximate surface area is 159 Å². The van der Waals surface area contributed by atoms with Gasteiger partial charge >= 0.3 is 0 Å². The van der Waals surface area contributed by atoms with Crippen molar-refractivity contribution < 1.29 is 4.79 Å². The number of rotatable bonds is 5. The van der Waals surface area contributed by atoms with Crippen LogP contribution in [0.1, 0.15) is 33.7 Å². The third-order valence-electron chi connectivity index (χ3n) is 5.21. The first kappa shape index (κ1) is 17.5. The summed E-state index contributed by atoms with van der Waals surface area (Å²) in [5.74, 6) is -0.0567. The SMILES string of the molecule is Cc1nc2ccc(C(=O)NCCCN3CCc4ccccc43)cc2nc1C. The predicted octanol–water partition coefficient (Wildman–Crippen LogP) is 3.43. The molecule has 1 amide bonds. The van der Waals surface area contributed by atoms with Crippen LogP contribution in [0.2, 0.25) is 0 Å². The Kier molecular flexibility index (Phi) is 4.75. The number of carbonyl (C=O) groups excluding carboxylic acids is 1. The molecule has 0 fully saturated rings. The van der Waals surface area contributed by atoms with Gasteiger partial charge in [0.1, 0.15) is 0 Å². The standard InChI is InChI=1S/C22H24N4O/c1-15-16(2)25-20-14-18(8-9-19(20)24-15)22(27)23-11-5-12-26-13-10-17-6-3-4-7-21(17)26/h3-4,6-9,14H,5,10-13H2,1-2H3,(H,23,27). The number of aromatic nitrogens is 2. The smallest absolute Gasteiger partial charge is 0.251 e. The fourth-order valence-electron chi connectivity index (χ4n) is 3.58. The molecule has 1 N–H and O–H groups in total. The molecule has 0 aliphatic carbocycles. The Morgan fingerprint density at radius 3 is 2.70 bits per heavy atom. The number of fused-ring (bicyclic) bond motifs is 2. The van der Waals surface area contributed by atoms with Gasteiger partial charge in [-0.2, -0.15) is 0 Å². The lowest BCUT2D eigenvalue weighted by molar-refractivity contribution is 0.0953. The van der Waals surface area contributed by atoms with Crippen molar-refractivity contribution in [2.45, 2.75) is 26.7 Å². The van der Waals surface area contributed by atoms with Crippen LogP contribution >= 0.6 is 0 Å². The van der Waals surface area contributed by atoms with Crippen LogP contribution in [0.5, 0.6) is 0 Å². The largest absolute Gasteiger partial charge is 0.371 e. The first-order valence-electron chi connectivity index (χ1n) is 9.48. The van der Waals surface area contributed by atoms with Gasteiger partial charge in [0.05, 0.1) is 22.4 Å². The summed E-state index contributed by atoms with van der Waals surface area (Å²) in [5, 5.41) is 3.02. The minimum Gasteiger partial charge on any atom is -0.371 e. The highest BCUT2D eigenvalue weighted by Crippen LogP contribution is 2.27. The molecule has 3 aromatic rings. The molecule has 0 spiro atoms. The highest BCUT2D eigenvalue weighted by Gasteiger charge is 2.17. The molecule has 138 valence electrons. The van der Waals surface area contributed by atoms with Crippen LogP contribution in [0, 0.1) is 13.8 Å². The lowest BCUT2D eigenvalue weighted by Gasteiger charge is -2.19. The van der Waals surface area contributed by atoms with Crippen molar-refractivity contribution >= 4 is 22.6 Å². The zero-order chi connectivity index (χ0) is 18.8. The monoisotopic (exact) mass is 360 g/mol. The average Bonchev–Trinajstić information content (AvgIpc) is 3.09. The Hall–Kier alpha value is -2.95. The van der Waals surface area contributed by atoms with E-state index in [1.54, 1.807) is 0 Å². The maximum atomic E-state index is 12.5. The summed E-state index contributed by atoms with van der Waals surface area (Å²) in [6.45, 7) is 6.56. The van der Waals surface area contributed by atoms with Crippen LogP contribution in [-0.4, -0.2) is 35.5 Å². The molecule has 0 bridgehead atoms. The number of hydrogen-bond acceptors (Lipinski definition) is 4. The van der Waals surface area contributed by atoms with Gasteiger partial charge in [0.15, 0.2) is 0 Å². The predicted molar refractivity (Wildman–Crippen MR) is 108 cm³/mol. The quantitative estimate of drug-likeness (QED) is 0.708. The fourth-order valence-corrected chi connectivity index (χ4v) is 3.58. The number of nitrogens with zero attached hydrogens (tertiary/aromatic N) is 3. The Morgan fingerprint density at radius 2 is 1.85 bits per heavy atom. The number of carbonyl (C=O) groups is 1. The maximum absolute atomic E-state index is 12.5. The molecule has 0 unspecified atom stereocenters. The van der Waals surface area contributed by atoms with Gasteiger partial charge in [0.25, 0.3) is 5.91 Å². The van der Waals surface area contributed by atoms with Gasteiger partial charge in [-0.05, 0) is 56.5 Å².